The van der Waals surface area contributed by atoms with Crippen LogP contribution in [0.1, 0.15) is 23.2 Å². The van der Waals surface area contributed by atoms with E-state index in [1.54, 1.807) is 18.1 Å². The van der Waals surface area contributed by atoms with E-state index in [0.717, 1.165) is 29.7 Å². The predicted octanol–water partition coefficient (Wildman–Crippen LogP) is 1.93. The van der Waals surface area contributed by atoms with Gasteiger partial charge in [0.15, 0.2) is 0 Å². The van der Waals surface area contributed by atoms with E-state index in [-0.39, 0.29) is 5.91 Å². The summed E-state index contributed by atoms with van der Waals surface area (Å²) in [6.07, 6.45) is 2.54. The molecule has 0 aliphatic carbocycles. The lowest BCUT2D eigenvalue weighted by molar-refractivity contribution is 0.0474. The molecule has 8 nitrogen and oxygen atoms in total. The zero-order valence-corrected chi connectivity index (χ0v) is 15.5. The van der Waals surface area contributed by atoms with Crippen LogP contribution in [0.4, 0.5) is 0 Å². The smallest absolute Gasteiger partial charge is 0.254 e. The number of β-amino-alcohol motifs (C(OH)–C–C–N with tert-alkyl or cyclic N) is 1. The van der Waals surface area contributed by atoms with Crippen molar-refractivity contribution < 1.29 is 14.6 Å². The molecule has 2 heterocycles. The van der Waals surface area contributed by atoms with Crippen LogP contribution >= 0.6 is 0 Å². The van der Waals surface area contributed by atoms with Crippen LogP contribution in [0.5, 0.6) is 5.75 Å². The van der Waals surface area contributed by atoms with Crippen molar-refractivity contribution in [1.82, 2.24) is 25.1 Å². The molecule has 1 saturated heterocycles. The summed E-state index contributed by atoms with van der Waals surface area (Å²) in [6.45, 7) is 0.988. The summed E-state index contributed by atoms with van der Waals surface area (Å²) in [6, 6.07) is 13.2. The van der Waals surface area contributed by atoms with Gasteiger partial charge >= 0.3 is 0 Å². The Bertz CT molecular complexity index is 974. The molecule has 0 bridgehead atoms. The number of rotatable bonds is 4. The number of nitrogens with zero attached hydrogens (tertiary/aromatic N) is 5. The number of likely N-dealkylation sites (tertiary alicyclic amines) is 1. The van der Waals surface area contributed by atoms with Crippen LogP contribution < -0.4 is 4.74 Å². The minimum atomic E-state index is -0.474. The van der Waals surface area contributed by atoms with E-state index in [9.17, 15) is 9.90 Å². The Morgan fingerprint density at radius 3 is 2.86 bits per heavy atom. The van der Waals surface area contributed by atoms with Gasteiger partial charge in [0.05, 0.1) is 18.9 Å². The number of benzene rings is 2. The average Bonchev–Trinajstić information content (AvgIpc) is 3.28. The first-order valence-corrected chi connectivity index (χ1v) is 9.14. The molecule has 1 unspecified atom stereocenters. The minimum absolute atomic E-state index is 0.113. The average molecular weight is 379 g/mol. The first-order chi connectivity index (χ1) is 13.6. The van der Waals surface area contributed by atoms with Crippen molar-refractivity contribution in [2.45, 2.75) is 18.9 Å². The van der Waals surface area contributed by atoms with Gasteiger partial charge in [-0.1, -0.05) is 12.1 Å². The van der Waals surface area contributed by atoms with Gasteiger partial charge in [-0.25, -0.2) is 4.68 Å². The molecule has 1 aromatic heterocycles. The maximum Gasteiger partial charge on any atom is 0.254 e. The van der Waals surface area contributed by atoms with Crippen LogP contribution in [0.15, 0.2) is 48.8 Å². The molecule has 3 aromatic rings. The standard InChI is InChI=1S/C20H21N5O3/c1-28-19-6-2-4-14(11-19)15-8-16(10-17(9-15)25-13-21-22-23-25)20(27)24-7-3-5-18(26)12-24/h2,4,6,8-11,13,18,26H,3,5,7,12H2,1H3. The first kappa shape index (κ1) is 18.1. The van der Waals surface area contributed by atoms with Crippen LogP contribution in [0.25, 0.3) is 16.8 Å². The van der Waals surface area contributed by atoms with E-state index in [0.29, 0.717) is 24.3 Å². The molecule has 1 fully saturated rings. The normalized spacial score (nSPS) is 16.8. The lowest BCUT2D eigenvalue weighted by Crippen LogP contribution is -2.42. The Kier molecular flexibility index (Phi) is 5.03. The maximum atomic E-state index is 13.1. The molecule has 2 aromatic carbocycles. The van der Waals surface area contributed by atoms with Gasteiger partial charge in [0.2, 0.25) is 0 Å². The topological polar surface area (TPSA) is 93.4 Å². The molecule has 8 heteroatoms. The second-order valence-corrected chi connectivity index (χ2v) is 6.80. The molecule has 0 spiro atoms. The van der Waals surface area contributed by atoms with Crippen LogP contribution in [-0.4, -0.2) is 62.4 Å². The fourth-order valence-electron chi connectivity index (χ4n) is 3.44. The number of carbonyl (C=O) groups is 1. The molecular formula is C20H21N5O3. The molecular weight excluding hydrogens is 358 g/mol. The SMILES string of the molecule is COc1cccc(-c2cc(C(=O)N3CCCC(O)C3)cc(-n3cnnn3)c2)c1. The van der Waals surface area contributed by atoms with E-state index >= 15 is 0 Å². The zero-order chi connectivity index (χ0) is 19.5. The number of piperidine rings is 1. The number of amides is 1. The number of aliphatic hydroxyl groups is 1. The number of hydrogen-bond acceptors (Lipinski definition) is 6. The fourth-order valence-corrected chi connectivity index (χ4v) is 3.44. The van der Waals surface area contributed by atoms with Crippen molar-refractivity contribution in [3.63, 3.8) is 0 Å². The molecule has 1 aliphatic rings. The Balaban J connectivity index is 1.77. The van der Waals surface area contributed by atoms with Crippen molar-refractivity contribution in [1.29, 1.82) is 0 Å². The van der Waals surface area contributed by atoms with Crippen LogP contribution in [-0.2, 0) is 0 Å². The van der Waals surface area contributed by atoms with Crippen molar-refractivity contribution in [3.05, 3.63) is 54.4 Å². The molecule has 144 valence electrons. The Hall–Kier alpha value is -3.26. The highest BCUT2D eigenvalue weighted by molar-refractivity contribution is 5.96. The molecule has 28 heavy (non-hydrogen) atoms. The molecule has 1 amide bonds. The van der Waals surface area contributed by atoms with Crippen molar-refractivity contribution in [3.8, 4) is 22.6 Å². The van der Waals surface area contributed by atoms with Gasteiger partial charge in [-0.15, -0.1) is 5.10 Å². The predicted molar refractivity (Wildman–Crippen MR) is 102 cm³/mol. The fraction of sp³-hybridized carbons (Fsp3) is 0.300. The summed E-state index contributed by atoms with van der Waals surface area (Å²) >= 11 is 0. The Morgan fingerprint density at radius 1 is 1.21 bits per heavy atom. The van der Waals surface area contributed by atoms with Crippen molar-refractivity contribution in [2.24, 2.45) is 0 Å². The summed E-state index contributed by atoms with van der Waals surface area (Å²) in [4.78, 5) is 14.8. The van der Waals surface area contributed by atoms with E-state index in [1.165, 1.54) is 11.0 Å². The van der Waals surface area contributed by atoms with E-state index < -0.39 is 6.10 Å². The van der Waals surface area contributed by atoms with Crippen LogP contribution in [0.3, 0.4) is 0 Å². The summed E-state index contributed by atoms with van der Waals surface area (Å²) in [5.74, 6) is 0.621. The van der Waals surface area contributed by atoms with Gasteiger partial charge in [-0.2, -0.15) is 0 Å². The first-order valence-electron chi connectivity index (χ1n) is 9.14. The molecule has 0 saturated carbocycles. The third kappa shape index (κ3) is 3.72. The summed E-state index contributed by atoms with van der Waals surface area (Å²) in [7, 11) is 1.62. The lowest BCUT2D eigenvalue weighted by atomic mass is 10.00. The lowest BCUT2D eigenvalue weighted by Gasteiger charge is -2.30. The Morgan fingerprint density at radius 2 is 2.11 bits per heavy atom. The number of tetrazole rings is 1. The van der Waals surface area contributed by atoms with E-state index in [1.807, 2.05) is 36.4 Å². The van der Waals surface area contributed by atoms with Crippen molar-refractivity contribution in [2.75, 3.05) is 20.2 Å². The van der Waals surface area contributed by atoms with Gasteiger partial charge in [-0.3, -0.25) is 4.79 Å². The van der Waals surface area contributed by atoms with Crippen LogP contribution in [0, 0.1) is 0 Å². The monoisotopic (exact) mass is 379 g/mol. The van der Waals surface area contributed by atoms with Gasteiger partial charge in [-0.05, 0) is 64.7 Å². The number of hydrogen-bond donors (Lipinski definition) is 1. The number of aliphatic hydroxyl groups excluding tert-OH is 1. The minimum Gasteiger partial charge on any atom is -0.497 e. The van der Waals surface area contributed by atoms with Crippen molar-refractivity contribution >= 4 is 5.91 Å². The molecule has 1 N–H and O–H groups in total. The quantitative estimate of drug-likeness (QED) is 0.745. The summed E-state index contributed by atoms with van der Waals surface area (Å²) < 4.78 is 6.84. The third-order valence-electron chi connectivity index (χ3n) is 4.87. The van der Waals surface area contributed by atoms with Gasteiger partial charge in [0.25, 0.3) is 5.91 Å². The Labute approximate surface area is 162 Å². The highest BCUT2D eigenvalue weighted by Crippen LogP contribution is 2.28. The summed E-state index contributed by atoms with van der Waals surface area (Å²) in [5, 5.41) is 21.3. The molecule has 0 radical (unpaired) electrons. The zero-order valence-electron chi connectivity index (χ0n) is 15.5. The molecule has 1 aliphatic heterocycles. The highest BCUT2D eigenvalue weighted by Gasteiger charge is 2.24. The molecule has 1 atom stereocenters. The second kappa shape index (κ2) is 7.77. The van der Waals surface area contributed by atoms with Crippen LogP contribution in [0.2, 0.25) is 0 Å². The second-order valence-electron chi connectivity index (χ2n) is 6.80. The number of carbonyl (C=O) groups excluding carboxylic acids is 1. The van der Waals surface area contributed by atoms with Gasteiger partial charge < -0.3 is 14.7 Å². The van der Waals surface area contributed by atoms with Gasteiger partial charge in [0, 0.05) is 18.7 Å². The maximum absolute atomic E-state index is 13.1. The largest absolute Gasteiger partial charge is 0.497 e. The number of aromatic nitrogens is 4. The summed E-state index contributed by atoms with van der Waals surface area (Å²) in [5.41, 5.74) is 2.99. The number of ether oxygens (including phenoxy) is 1. The van der Waals surface area contributed by atoms with E-state index in [2.05, 4.69) is 15.5 Å². The van der Waals surface area contributed by atoms with E-state index in [4.69, 9.17) is 4.74 Å². The van der Waals surface area contributed by atoms with Gasteiger partial charge in [0.1, 0.15) is 12.1 Å². The third-order valence-corrected chi connectivity index (χ3v) is 4.87. The molecule has 4 rings (SSSR count). The highest BCUT2D eigenvalue weighted by atomic mass is 16.5. The number of methoxy groups -OCH3 is 1.